The van der Waals surface area contributed by atoms with E-state index in [0.29, 0.717) is 6.17 Å². The highest BCUT2D eigenvalue weighted by Gasteiger charge is 2.22. The van der Waals surface area contributed by atoms with Crippen molar-refractivity contribution in [2.75, 3.05) is 26.7 Å². The van der Waals surface area contributed by atoms with E-state index in [0.717, 1.165) is 0 Å². The predicted molar refractivity (Wildman–Crippen MR) is 46.6 cm³/mol. The molecule has 1 atom stereocenters. The molecule has 0 aromatic heterocycles. The van der Waals surface area contributed by atoms with Gasteiger partial charge in [0.05, 0.1) is 6.17 Å². The lowest BCUT2D eigenvalue weighted by Gasteiger charge is -2.22. The Morgan fingerprint density at radius 2 is 2.00 bits per heavy atom. The first-order valence-corrected chi connectivity index (χ1v) is 3.70. The minimum Gasteiger partial charge on any atom is -0.290 e. The fourth-order valence-corrected chi connectivity index (χ4v) is 1.36. The van der Waals surface area contributed by atoms with Gasteiger partial charge in [0.2, 0.25) is 0 Å². The Labute approximate surface area is 69.6 Å². The first-order chi connectivity index (χ1) is 4.25. The van der Waals surface area contributed by atoms with Crippen molar-refractivity contribution in [1.29, 1.82) is 0 Å². The molecule has 0 aromatic carbocycles. The second-order valence-electron chi connectivity index (χ2n) is 2.74. The Balaban J connectivity index is 0.000000810. The summed E-state index contributed by atoms with van der Waals surface area (Å²) in [5.74, 6) is 0. The van der Waals surface area contributed by atoms with Crippen LogP contribution in [-0.2, 0) is 0 Å². The van der Waals surface area contributed by atoms with E-state index in [-0.39, 0.29) is 12.4 Å². The van der Waals surface area contributed by atoms with E-state index in [9.17, 15) is 0 Å². The molecule has 1 heterocycles. The van der Waals surface area contributed by atoms with Gasteiger partial charge in [-0.1, -0.05) is 6.92 Å². The van der Waals surface area contributed by atoms with Crippen LogP contribution in [0.2, 0.25) is 0 Å². The molecule has 1 rings (SSSR count). The molecule has 0 radical (unpaired) electrons. The monoisotopic (exact) mass is 164 g/mol. The number of nitrogens with zero attached hydrogens (tertiary/aromatic N) is 2. The maximum absolute atomic E-state index is 2.47. The van der Waals surface area contributed by atoms with E-state index in [1.807, 2.05) is 0 Å². The summed E-state index contributed by atoms with van der Waals surface area (Å²) in [4.78, 5) is 4.85. The zero-order valence-electron chi connectivity index (χ0n) is 7.00. The van der Waals surface area contributed by atoms with Crippen molar-refractivity contribution in [2.45, 2.75) is 20.0 Å². The summed E-state index contributed by atoms with van der Waals surface area (Å²) in [6.45, 7) is 8.14. The SMILES string of the molecule is CCN1CCN(C)C1C.Cl. The standard InChI is InChI=1S/C7H16N2.ClH/c1-4-9-6-5-8(3)7(9)2;/h7H,4-6H2,1-3H3;1H. The summed E-state index contributed by atoms with van der Waals surface area (Å²) in [5, 5.41) is 0. The number of hydrogen-bond acceptors (Lipinski definition) is 2. The number of likely N-dealkylation sites (N-methyl/N-ethyl adjacent to an activating group) is 2. The second kappa shape index (κ2) is 4.16. The van der Waals surface area contributed by atoms with Crippen molar-refractivity contribution in [3.63, 3.8) is 0 Å². The Hall–Kier alpha value is 0.210. The lowest BCUT2D eigenvalue weighted by molar-refractivity contribution is 0.184. The lowest BCUT2D eigenvalue weighted by Crippen LogP contribution is -2.33. The number of halogens is 1. The Bertz CT molecular complexity index is 97.6. The van der Waals surface area contributed by atoms with Crippen LogP contribution in [-0.4, -0.2) is 42.6 Å². The minimum atomic E-state index is 0. The molecule has 2 nitrogen and oxygen atoms in total. The van der Waals surface area contributed by atoms with Gasteiger partial charge in [-0.3, -0.25) is 9.80 Å². The highest BCUT2D eigenvalue weighted by molar-refractivity contribution is 5.85. The van der Waals surface area contributed by atoms with Crippen LogP contribution in [0.4, 0.5) is 0 Å². The normalized spacial score (nSPS) is 28.5. The van der Waals surface area contributed by atoms with Gasteiger partial charge in [0.1, 0.15) is 0 Å². The molecule has 1 saturated heterocycles. The van der Waals surface area contributed by atoms with Crippen LogP contribution in [0.15, 0.2) is 0 Å². The van der Waals surface area contributed by atoms with Gasteiger partial charge in [-0.2, -0.15) is 0 Å². The van der Waals surface area contributed by atoms with Crippen LogP contribution >= 0.6 is 12.4 Å². The van der Waals surface area contributed by atoms with E-state index >= 15 is 0 Å². The van der Waals surface area contributed by atoms with E-state index < -0.39 is 0 Å². The van der Waals surface area contributed by atoms with Crippen molar-refractivity contribution in [3.8, 4) is 0 Å². The quantitative estimate of drug-likeness (QED) is 0.571. The van der Waals surface area contributed by atoms with Gasteiger partial charge in [-0.15, -0.1) is 12.4 Å². The maximum Gasteiger partial charge on any atom is 0.0591 e. The highest BCUT2D eigenvalue weighted by Crippen LogP contribution is 2.09. The third kappa shape index (κ3) is 1.84. The minimum absolute atomic E-state index is 0. The summed E-state index contributed by atoms with van der Waals surface area (Å²) >= 11 is 0. The van der Waals surface area contributed by atoms with Crippen LogP contribution in [0.1, 0.15) is 13.8 Å². The molecule has 1 aliphatic heterocycles. The van der Waals surface area contributed by atoms with Crippen LogP contribution in [0.25, 0.3) is 0 Å². The lowest BCUT2D eigenvalue weighted by atomic mass is 10.5. The fraction of sp³-hybridized carbons (Fsp3) is 1.00. The van der Waals surface area contributed by atoms with Gasteiger partial charge in [0.15, 0.2) is 0 Å². The van der Waals surface area contributed by atoms with Crippen molar-refractivity contribution in [1.82, 2.24) is 9.80 Å². The molecule has 0 bridgehead atoms. The molecule has 0 aliphatic carbocycles. The summed E-state index contributed by atoms with van der Waals surface area (Å²) in [7, 11) is 2.18. The molecule has 1 fully saturated rings. The summed E-state index contributed by atoms with van der Waals surface area (Å²) in [6.07, 6.45) is 0.662. The van der Waals surface area contributed by atoms with Crippen LogP contribution in [0, 0.1) is 0 Å². The third-order valence-corrected chi connectivity index (χ3v) is 2.31. The van der Waals surface area contributed by atoms with Gasteiger partial charge in [-0.25, -0.2) is 0 Å². The van der Waals surface area contributed by atoms with E-state index in [1.54, 1.807) is 0 Å². The fourth-order valence-electron chi connectivity index (χ4n) is 1.36. The summed E-state index contributed by atoms with van der Waals surface area (Å²) < 4.78 is 0. The second-order valence-corrected chi connectivity index (χ2v) is 2.74. The zero-order chi connectivity index (χ0) is 6.85. The van der Waals surface area contributed by atoms with Gasteiger partial charge in [0.25, 0.3) is 0 Å². The average molecular weight is 165 g/mol. The molecule has 0 saturated carbocycles. The largest absolute Gasteiger partial charge is 0.290 e. The zero-order valence-corrected chi connectivity index (χ0v) is 7.82. The predicted octanol–water partition coefficient (Wildman–Crippen LogP) is 1.02. The van der Waals surface area contributed by atoms with E-state index in [2.05, 4.69) is 30.7 Å². The van der Waals surface area contributed by atoms with Gasteiger partial charge >= 0.3 is 0 Å². The molecular formula is C7H17ClN2. The van der Waals surface area contributed by atoms with E-state index in [1.165, 1.54) is 19.6 Å². The number of rotatable bonds is 1. The molecule has 1 aliphatic rings. The molecule has 0 amide bonds. The molecular weight excluding hydrogens is 148 g/mol. The maximum atomic E-state index is 2.47. The van der Waals surface area contributed by atoms with Gasteiger partial charge in [-0.05, 0) is 20.5 Å². The summed E-state index contributed by atoms with van der Waals surface area (Å²) in [6, 6.07) is 0. The molecule has 62 valence electrons. The molecule has 0 aromatic rings. The number of hydrogen-bond donors (Lipinski definition) is 0. The first-order valence-electron chi connectivity index (χ1n) is 3.70. The first kappa shape index (κ1) is 10.2. The van der Waals surface area contributed by atoms with Crippen LogP contribution < -0.4 is 0 Å². The highest BCUT2D eigenvalue weighted by atomic mass is 35.5. The summed E-state index contributed by atoms with van der Waals surface area (Å²) in [5.41, 5.74) is 0. The van der Waals surface area contributed by atoms with Crippen LogP contribution in [0.5, 0.6) is 0 Å². The van der Waals surface area contributed by atoms with Crippen molar-refractivity contribution < 1.29 is 0 Å². The van der Waals surface area contributed by atoms with Gasteiger partial charge < -0.3 is 0 Å². The van der Waals surface area contributed by atoms with Crippen molar-refractivity contribution in [2.24, 2.45) is 0 Å². The molecule has 3 heteroatoms. The molecule has 10 heavy (non-hydrogen) atoms. The average Bonchev–Trinajstić information content (AvgIpc) is 2.15. The van der Waals surface area contributed by atoms with Crippen LogP contribution in [0.3, 0.4) is 0 Å². The van der Waals surface area contributed by atoms with E-state index in [4.69, 9.17) is 0 Å². The Morgan fingerprint density at radius 3 is 2.20 bits per heavy atom. The molecule has 1 unspecified atom stereocenters. The molecule has 0 spiro atoms. The molecule has 0 N–H and O–H groups in total. The van der Waals surface area contributed by atoms with Crippen molar-refractivity contribution in [3.05, 3.63) is 0 Å². The third-order valence-electron chi connectivity index (χ3n) is 2.31. The van der Waals surface area contributed by atoms with Gasteiger partial charge in [0, 0.05) is 13.1 Å². The Morgan fingerprint density at radius 1 is 1.40 bits per heavy atom. The van der Waals surface area contributed by atoms with Crippen molar-refractivity contribution >= 4 is 12.4 Å². The topological polar surface area (TPSA) is 6.48 Å². The Kier molecular flexibility index (Phi) is 4.25. The smallest absolute Gasteiger partial charge is 0.0591 e.